The Labute approximate surface area is 127 Å². The molecule has 2 saturated heterocycles. The fourth-order valence-electron chi connectivity index (χ4n) is 3.67. The third-order valence-corrected chi connectivity index (χ3v) is 4.65. The topological polar surface area (TPSA) is 58.6 Å². The number of carbonyl (C=O) groups excluding carboxylic acids is 2. The molecule has 0 aromatic carbocycles. The highest BCUT2D eigenvalue weighted by atomic mass is 16.5. The lowest BCUT2D eigenvalue weighted by Gasteiger charge is -2.40. The van der Waals surface area contributed by atoms with E-state index >= 15 is 0 Å². The minimum Gasteiger partial charge on any atom is -0.464 e. The van der Waals surface area contributed by atoms with Gasteiger partial charge in [0.15, 0.2) is 0 Å². The lowest BCUT2D eigenvalue weighted by molar-refractivity contribution is -0.159. The maximum atomic E-state index is 13.1. The average Bonchev–Trinajstić information content (AvgIpc) is 2.97. The largest absolute Gasteiger partial charge is 0.464 e. The van der Waals surface area contributed by atoms with Crippen molar-refractivity contribution in [1.29, 1.82) is 0 Å². The van der Waals surface area contributed by atoms with Crippen molar-refractivity contribution in [3.8, 4) is 0 Å². The Morgan fingerprint density at radius 3 is 2.71 bits per heavy atom. The van der Waals surface area contributed by atoms with Crippen molar-refractivity contribution in [3.63, 3.8) is 0 Å². The van der Waals surface area contributed by atoms with Gasteiger partial charge in [0.05, 0.1) is 12.1 Å². The van der Waals surface area contributed by atoms with Crippen LogP contribution in [-0.2, 0) is 14.3 Å². The number of amides is 1. The molecule has 2 heterocycles. The van der Waals surface area contributed by atoms with Gasteiger partial charge in [-0.2, -0.15) is 0 Å². The Bertz CT molecular complexity index is 378. The van der Waals surface area contributed by atoms with Crippen LogP contribution in [0.3, 0.4) is 0 Å². The van der Waals surface area contributed by atoms with Gasteiger partial charge in [-0.1, -0.05) is 13.3 Å². The summed E-state index contributed by atoms with van der Waals surface area (Å²) in [5.74, 6) is -0.130. The second kappa shape index (κ2) is 7.25. The first-order valence-electron chi connectivity index (χ1n) is 8.37. The summed E-state index contributed by atoms with van der Waals surface area (Å²) in [4.78, 5) is 27.0. The van der Waals surface area contributed by atoms with Gasteiger partial charge < -0.3 is 15.0 Å². The van der Waals surface area contributed by atoms with Crippen LogP contribution in [-0.4, -0.2) is 48.1 Å². The second-order valence-corrected chi connectivity index (χ2v) is 6.12. The number of likely N-dealkylation sites (tertiary alicyclic amines) is 1. The fraction of sp³-hybridized carbons (Fsp3) is 0.875. The van der Waals surface area contributed by atoms with Crippen LogP contribution in [0.2, 0.25) is 0 Å². The van der Waals surface area contributed by atoms with E-state index in [1.807, 2.05) is 6.92 Å². The molecule has 0 spiro atoms. The van der Waals surface area contributed by atoms with Crippen molar-refractivity contribution in [2.75, 3.05) is 19.7 Å². The molecule has 2 aliphatic heterocycles. The maximum Gasteiger partial charge on any atom is 0.328 e. The highest BCUT2D eigenvalue weighted by molar-refractivity contribution is 5.91. The standard InChI is InChI=1S/C16H28N2O3/c1-3-9-16(10-7-11-17-16)15(20)18-12-6-5-8-13(18)14(19)21-4-2/h13,17H,3-12H2,1-2H3. The molecule has 2 unspecified atom stereocenters. The van der Waals surface area contributed by atoms with E-state index < -0.39 is 5.54 Å². The summed E-state index contributed by atoms with van der Waals surface area (Å²) < 4.78 is 5.16. The molecular formula is C16H28N2O3. The summed E-state index contributed by atoms with van der Waals surface area (Å²) in [6.45, 7) is 5.85. The van der Waals surface area contributed by atoms with Crippen molar-refractivity contribution >= 4 is 11.9 Å². The zero-order valence-corrected chi connectivity index (χ0v) is 13.3. The molecule has 1 N–H and O–H groups in total. The average molecular weight is 296 g/mol. The van der Waals surface area contributed by atoms with Crippen LogP contribution in [0, 0.1) is 0 Å². The Kier molecular flexibility index (Phi) is 5.62. The minimum absolute atomic E-state index is 0.111. The molecule has 0 radical (unpaired) electrons. The molecule has 2 atom stereocenters. The maximum absolute atomic E-state index is 13.1. The fourth-order valence-corrected chi connectivity index (χ4v) is 3.67. The number of nitrogens with zero attached hydrogens (tertiary/aromatic N) is 1. The minimum atomic E-state index is -0.448. The highest BCUT2D eigenvalue weighted by Gasteiger charge is 2.46. The monoisotopic (exact) mass is 296 g/mol. The van der Waals surface area contributed by atoms with E-state index in [2.05, 4.69) is 12.2 Å². The molecule has 2 rings (SSSR count). The van der Waals surface area contributed by atoms with Crippen molar-refractivity contribution in [2.24, 2.45) is 0 Å². The van der Waals surface area contributed by atoms with Crippen molar-refractivity contribution in [3.05, 3.63) is 0 Å². The van der Waals surface area contributed by atoms with Gasteiger partial charge in [-0.25, -0.2) is 4.79 Å². The molecule has 0 aromatic rings. The summed E-state index contributed by atoms with van der Waals surface area (Å²) in [6, 6.07) is -0.387. The quantitative estimate of drug-likeness (QED) is 0.787. The van der Waals surface area contributed by atoms with Crippen LogP contribution in [0.5, 0.6) is 0 Å². The van der Waals surface area contributed by atoms with E-state index in [9.17, 15) is 9.59 Å². The summed E-state index contributed by atoms with van der Waals surface area (Å²) in [7, 11) is 0. The molecule has 2 aliphatic rings. The van der Waals surface area contributed by atoms with Gasteiger partial charge in [0.2, 0.25) is 5.91 Å². The first-order valence-corrected chi connectivity index (χ1v) is 8.37. The molecule has 21 heavy (non-hydrogen) atoms. The molecule has 2 fully saturated rings. The highest BCUT2D eigenvalue weighted by Crippen LogP contribution is 2.30. The summed E-state index contributed by atoms with van der Waals surface area (Å²) >= 11 is 0. The number of rotatable bonds is 5. The summed E-state index contributed by atoms with van der Waals surface area (Å²) in [5.41, 5.74) is -0.448. The Balaban J connectivity index is 2.15. The van der Waals surface area contributed by atoms with Gasteiger partial charge in [0.25, 0.3) is 0 Å². The summed E-state index contributed by atoms with van der Waals surface area (Å²) in [6.07, 6.45) is 6.42. The van der Waals surface area contributed by atoms with Gasteiger partial charge in [-0.15, -0.1) is 0 Å². The third kappa shape index (κ3) is 3.39. The first-order chi connectivity index (χ1) is 10.1. The van der Waals surface area contributed by atoms with E-state index in [1.54, 1.807) is 4.90 Å². The lowest BCUT2D eigenvalue weighted by Crippen LogP contribution is -2.60. The zero-order chi connectivity index (χ0) is 15.3. The molecular weight excluding hydrogens is 268 g/mol. The molecule has 5 heteroatoms. The number of nitrogens with one attached hydrogen (secondary N) is 1. The molecule has 0 bridgehead atoms. The van der Waals surface area contributed by atoms with Gasteiger partial charge in [-0.05, 0) is 52.0 Å². The van der Waals surface area contributed by atoms with Crippen LogP contribution >= 0.6 is 0 Å². The molecule has 5 nitrogen and oxygen atoms in total. The van der Waals surface area contributed by atoms with Gasteiger partial charge >= 0.3 is 5.97 Å². The Morgan fingerprint density at radius 2 is 2.10 bits per heavy atom. The van der Waals surface area contributed by atoms with Crippen LogP contribution in [0.1, 0.15) is 58.8 Å². The van der Waals surface area contributed by atoms with Crippen molar-refractivity contribution in [2.45, 2.75) is 70.4 Å². The van der Waals surface area contributed by atoms with Gasteiger partial charge in [0, 0.05) is 6.54 Å². The molecule has 0 aliphatic carbocycles. The normalized spacial score (nSPS) is 29.4. The number of ether oxygens (including phenoxy) is 1. The molecule has 0 aromatic heterocycles. The van der Waals surface area contributed by atoms with Crippen molar-refractivity contribution < 1.29 is 14.3 Å². The number of hydrogen-bond donors (Lipinski definition) is 1. The van der Waals surface area contributed by atoms with Crippen LogP contribution < -0.4 is 5.32 Å². The predicted octanol–water partition coefficient (Wildman–Crippen LogP) is 1.85. The predicted molar refractivity (Wildman–Crippen MR) is 80.9 cm³/mol. The van der Waals surface area contributed by atoms with E-state index in [1.165, 1.54) is 0 Å². The van der Waals surface area contributed by atoms with E-state index in [4.69, 9.17) is 4.74 Å². The van der Waals surface area contributed by atoms with Gasteiger partial charge in [-0.3, -0.25) is 4.79 Å². The van der Waals surface area contributed by atoms with Crippen LogP contribution in [0.25, 0.3) is 0 Å². The SMILES string of the molecule is CCCC1(C(=O)N2CCCCC2C(=O)OCC)CCCN1. The second-order valence-electron chi connectivity index (χ2n) is 6.12. The number of piperidine rings is 1. The Hall–Kier alpha value is -1.10. The smallest absolute Gasteiger partial charge is 0.328 e. The van der Waals surface area contributed by atoms with E-state index in [0.29, 0.717) is 13.2 Å². The number of hydrogen-bond acceptors (Lipinski definition) is 4. The van der Waals surface area contributed by atoms with E-state index in [0.717, 1.165) is 51.5 Å². The van der Waals surface area contributed by atoms with E-state index in [-0.39, 0.29) is 17.9 Å². The molecule has 0 saturated carbocycles. The number of esters is 1. The van der Waals surface area contributed by atoms with Crippen molar-refractivity contribution in [1.82, 2.24) is 10.2 Å². The summed E-state index contributed by atoms with van der Waals surface area (Å²) in [5, 5.41) is 3.42. The first kappa shape index (κ1) is 16.3. The van der Waals surface area contributed by atoms with Crippen LogP contribution in [0.15, 0.2) is 0 Å². The molecule has 120 valence electrons. The zero-order valence-electron chi connectivity index (χ0n) is 13.3. The van der Waals surface area contributed by atoms with Crippen LogP contribution in [0.4, 0.5) is 0 Å². The Morgan fingerprint density at radius 1 is 1.29 bits per heavy atom. The number of carbonyl (C=O) groups is 2. The third-order valence-electron chi connectivity index (χ3n) is 4.65. The van der Waals surface area contributed by atoms with Gasteiger partial charge in [0.1, 0.15) is 6.04 Å². The lowest BCUT2D eigenvalue weighted by atomic mass is 9.88. The molecule has 1 amide bonds.